The molecule has 0 aliphatic rings. The van der Waals surface area contributed by atoms with Gasteiger partial charge in [-0.15, -0.1) is 0 Å². The van der Waals surface area contributed by atoms with Gasteiger partial charge >= 0.3 is 11.9 Å². The van der Waals surface area contributed by atoms with Crippen LogP contribution in [0.25, 0.3) is 0 Å². The van der Waals surface area contributed by atoms with E-state index in [0.29, 0.717) is 0 Å². The highest BCUT2D eigenvalue weighted by atomic mass is 127. The first-order chi connectivity index (χ1) is 12.9. The lowest BCUT2D eigenvalue weighted by molar-refractivity contribution is -0.172. The maximum Gasteiger partial charge on any atom is 0.324 e. The molecule has 27 heavy (non-hydrogen) atoms. The van der Waals surface area contributed by atoms with Crippen molar-refractivity contribution in [3.63, 3.8) is 0 Å². The molecule has 0 saturated carbocycles. The Kier molecular flexibility index (Phi) is 8.53. The van der Waals surface area contributed by atoms with E-state index in [1.165, 1.54) is 0 Å². The van der Waals surface area contributed by atoms with Gasteiger partial charge in [-0.3, -0.25) is 9.59 Å². The van der Waals surface area contributed by atoms with E-state index < -0.39 is 17.4 Å². The van der Waals surface area contributed by atoms with E-state index in [4.69, 9.17) is 9.47 Å². The zero-order valence-electron chi connectivity index (χ0n) is 15.3. The van der Waals surface area contributed by atoms with E-state index in [2.05, 4.69) is 45.2 Å². The molecule has 0 aliphatic heterocycles. The molecule has 0 aliphatic carbocycles. The van der Waals surface area contributed by atoms with Crippen LogP contribution in [0.1, 0.15) is 25.0 Å². The number of hydrogen-bond donors (Lipinski definition) is 0. The van der Waals surface area contributed by atoms with Gasteiger partial charge in [-0.25, -0.2) is 0 Å². The van der Waals surface area contributed by atoms with E-state index in [0.717, 1.165) is 18.3 Å². The molecule has 0 unspecified atom stereocenters. The Labute approximate surface area is 187 Å². The Hall–Kier alpha value is -1.16. The number of benzene rings is 2. The number of esters is 2. The van der Waals surface area contributed by atoms with Gasteiger partial charge < -0.3 is 9.47 Å². The third kappa shape index (κ3) is 5.91. The summed E-state index contributed by atoms with van der Waals surface area (Å²) < 4.78 is 12.8. The van der Waals surface area contributed by atoms with E-state index in [1.807, 2.05) is 48.5 Å². The molecular weight excluding hydrogens is 570 g/mol. The van der Waals surface area contributed by atoms with Crippen molar-refractivity contribution >= 4 is 57.1 Å². The van der Waals surface area contributed by atoms with Crippen molar-refractivity contribution in [2.24, 2.45) is 5.41 Å². The summed E-state index contributed by atoms with van der Waals surface area (Å²) in [5, 5.41) is 0. The molecule has 0 aromatic heterocycles. The van der Waals surface area contributed by atoms with Crippen LogP contribution in [0, 0.1) is 12.6 Å². The summed E-state index contributed by atoms with van der Waals surface area (Å²) in [5.74, 6) is -1.08. The molecule has 4 nitrogen and oxygen atoms in total. The van der Waals surface area contributed by atoms with Crippen molar-refractivity contribution in [1.82, 2.24) is 0 Å². The molecule has 2 rings (SSSR count). The molecule has 0 fully saturated rings. The third-order valence-electron chi connectivity index (χ3n) is 4.17. The lowest BCUT2D eigenvalue weighted by Gasteiger charge is -2.29. The molecular formula is C21H22I2O4. The lowest BCUT2D eigenvalue weighted by Crippen LogP contribution is -2.45. The first-order valence-electron chi connectivity index (χ1n) is 8.74. The van der Waals surface area contributed by atoms with Gasteiger partial charge in [0, 0.05) is 7.14 Å². The van der Waals surface area contributed by atoms with Gasteiger partial charge in [0.05, 0.1) is 13.2 Å². The van der Waals surface area contributed by atoms with Gasteiger partial charge in [-0.05, 0) is 107 Å². The summed E-state index contributed by atoms with van der Waals surface area (Å²) >= 11 is 4.45. The minimum absolute atomic E-state index is 0.208. The zero-order valence-corrected chi connectivity index (χ0v) is 19.7. The molecule has 0 radical (unpaired) electrons. The quantitative estimate of drug-likeness (QED) is 0.252. The second-order valence-electron chi connectivity index (χ2n) is 6.13. The highest BCUT2D eigenvalue weighted by Gasteiger charge is 2.49. The van der Waals surface area contributed by atoms with E-state index in [-0.39, 0.29) is 26.1 Å². The smallest absolute Gasteiger partial charge is 0.324 e. The number of rotatable bonds is 8. The van der Waals surface area contributed by atoms with Crippen LogP contribution in [-0.4, -0.2) is 25.2 Å². The second-order valence-corrected chi connectivity index (χ2v) is 8.62. The minimum atomic E-state index is -1.41. The van der Waals surface area contributed by atoms with Crippen molar-refractivity contribution in [3.05, 3.63) is 66.8 Å². The standard InChI is InChI=1S/C21H22I2O4/c1-3-26-19(24)21(20(25)27-4-2,13-15-5-9-17(22)10-6-15)14-16-7-11-18(23)12-8-16/h5-12H,3-4,13-14H2,1-2H3. The SMILES string of the molecule is CCOC(=O)C(Cc1ccc(I)cc1)(Cc1ccc(I)cc1)C(=O)OCC. The molecule has 0 N–H and O–H groups in total. The summed E-state index contributed by atoms with van der Waals surface area (Å²) in [6, 6.07) is 15.6. The first-order valence-corrected chi connectivity index (χ1v) is 10.9. The van der Waals surface area contributed by atoms with Crippen LogP contribution in [0.15, 0.2) is 48.5 Å². The number of carbonyl (C=O) groups is 2. The van der Waals surface area contributed by atoms with E-state index in [9.17, 15) is 9.59 Å². The molecule has 0 saturated heterocycles. The summed E-state index contributed by atoms with van der Waals surface area (Å²) in [5.41, 5.74) is 0.370. The van der Waals surface area contributed by atoms with Crippen molar-refractivity contribution in [1.29, 1.82) is 0 Å². The topological polar surface area (TPSA) is 52.6 Å². The molecule has 6 heteroatoms. The van der Waals surface area contributed by atoms with E-state index in [1.54, 1.807) is 13.8 Å². The van der Waals surface area contributed by atoms with Crippen LogP contribution in [0.4, 0.5) is 0 Å². The van der Waals surface area contributed by atoms with Crippen LogP contribution in [0.2, 0.25) is 0 Å². The van der Waals surface area contributed by atoms with Gasteiger partial charge in [-0.1, -0.05) is 24.3 Å². The average Bonchev–Trinajstić information content (AvgIpc) is 2.65. The molecule has 0 atom stereocenters. The van der Waals surface area contributed by atoms with Crippen molar-refractivity contribution < 1.29 is 19.1 Å². The Morgan fingerprint density at radius 3 is 1.37 bits per heavy atom. The lowest BCUT2D eigenvalue weighted by atomic mass is 9.76. The van der Waals surface area contributed by atoms with Crippen LogP contribution in [-0.2, 0) is 31.9 Å². The highest BCUT2D eigenvalue weighted by molar-refractivity contribution is 14.1. The van der Waals surface area contributed by atoms with Crippen LogP contribution in [0.5, 0.6) is 0 Å². The summed E-state index contributed by atoms with van der Waals surface area (Å²) in [7, 11) is 0. The van der Waals surface area contributed by atoms with Gasteiger partial charge in [-0.2, -0.15) is 0 Å². The van der Waals surface area contributed by atoms with Gasteiger partial charge in [0.15, 0.2) is 5.41 Å². The Morgan fingerprint density at radius 2 is 1.07 bits per heavy atom. The number of ether oxygens (including phenoxy) is 2. The van der Waals surface area contributed by atoms with Gasteiger partial charge in [0.25, 0.3) is 0 Å². The first kappa shape index (κ1) is 22.1. The normalized spacial score (nSPS) is 11.1. The fourth-order valence-electron chi connectivity index (χ4n) is 2.87. The third-order valence-corrected chi connectivity index (χ3v) is 5.61. The summed E-state index contributed by atoms with van der Waals surface area (Å²) in [4.78, 5) is 26.0. The van der Waals surface area contributed by atoms with Crippen molar-refractivity contribution in [3.8, 4) is 0 Å². The van der Waals surface area contributed by atoms with Crippen molar-refractivity contribution in [2.75, 3.05) is 13.2 Å². The minimum Gasteiger partial charge on any atom is -0.465 e. The predicted octanol–water partition coefficient (Wildman–Crippen LogP) is 4.79. The largest absolute Gasteiger partial charge is 0.465 e. The number of halogens is 2. The average molecular weight is 592 g/mol. The van der Waals surface area contributed by atoms with Crippen LogP contribution in [0.3, 0.4) is 0 Å². The van der Waals surface area contributed by atoms with Gasteiger partial charge in [0.2, 0.25) is 0 Å². The molecule has 2 aromatic carbocycles. The van der Waals surface area contributed by atoms with Crippen LogP contribution < -0.4 is 0 Å². The number of hydrogen-bond acceptors (Lipinski definition) is 4. The zero-order chi connectivity index (χ0) is 19.9. The predicted molar refractivity (Wildman–Crippen MR) is 121 cm³/mol. The molecule has 0 amide bonds. The molecule has 0 spiro atoms. The molecule has 144 valence electrons. The van der Waals surface area contributed by atoms with Gasteiger partial charge in [0.1, 0.15) is 0 Å². The summed E-state index contributed by atoms with van der Waals surface area (Å²) in [6.45, 7) is 3.89. The maximum absolute atomic E-state index is 13.0. The van der Waals surface area contributed by atoms with Crippen LogP contribution >= 0.6 is 45.2 Å². The fraction of sp³-hybridized carbons (Fsp3) is 0.333. The second kappa shape index (κ2) is 10.4. The molecule has 0 heterocycles. The Bertz CT molecular complexity index is 702. The monoisotopic (exact) mass is 592 g/mol. The summed E-state index contributed by atoms with van der Waals surface area (Å²) in [6.07, 6.45) is 0.459. The molecule has 0 bridgehead atoms. The molecule has 2 aromatic rings. The maximum atomic E-state index is 13.0. The number of carbonyl (C=O) groups excluding carboxylic acids is 2. The fourth-order valence-corrected chi connectivity index (χ4v) is 3.59. The van der Waals surface area contributed by atoms with Crippen molar-refractivity contribution in [2.45, 2.75) is 26.7 Å². The van der Waals surface area contributed by atoms with E-state index >= 15 is 0 Å². The Morgan fingerprint density at radius 1 is 0.741 bits per heavy atom. The highest BCUT2D eigenvalue weighted by Crippen LogP contribution is 2.32. The Balaban J connectivity index is 2.49.